The molecular formula is C7H4BrNOS. The van der Waals surface area contributed by atoms with Crippen molar-refractivity contribution < 1.29 is 5.11 Å². The van der Waals surface area contributed by atoms with Crippen LogP contribution in [0.3, 0.4) is 0 Å². The Balaban J connectivity index is 2.93. The summed E-state index contributed by atoms with van der Waals surface area (Å²) in [7, 11) is 0. The number of aromatic nitrogens is 1. The lowest BCUT2D eigenvalue weighted by Crippen LogP contribution is -1.67. The molecule has 0 saturated carbocycles. The molecule has 0 aliphatic heterocycles. The maximum Gasteiger partial charge on any atom is 0.131 e. The fourth-order valence-corrected chi connectivity index (χ4v) is 2.15. The molecule has 2 aromatic rings. The smallest absolute Gasteiger partial charge is 0.131 e. The summed E-state index contributed by atoms with van der Waals surface area (Å²) < 4.78 is 5.73. The summed E-state index contributed by atoms with van der Waals surface area (Å²) in [5.41, 5.74) is 0. The number of phenolic OH excluding ortho intramolecular Hbond substituents is 1. The minimum Gasteiger partial charge on any atom is -0.507 e. The van der Waals surface area contributed by atoms with Gasteiger partial charge in [0.2, 0.25) is 0 Å². The van der Waals surface area contributed by atoms with Crippen LogP contribution in [0.2, 0.25) is 0 Å². The first-order chi connectivity index (χ1) is 5.29. The van der Waals surface area contributed by atoms with Crippen LogP contribution in [0.15, 0.2) is 22.8 Å². The molecule has 0 unspecified atom stereocenters. The van der Waals surface area contributed by atoms with Crippen LogP contribution in [0, 0.1) is 0 Å². The van der Waals surface area contributed by atoms with Crippen molar-refractivity contribution in [3.63, 3.8) is 0 Å². The molecule has 0 radical (unpaired) electrons. The summed E-state index contributed by atoms with van der Waals surface area (Å²) in [5, 5.41) is 10.3. The zero-order valence-electron chi connectivity index (χ0n) is 5.41. The lowest BCUT2D eigenvalue weighted by molar-refractivity contribution is 0.473. The molecule has 1 aromatic heterocycles. The van der Waals surface area contributed by atoms with Crippen molar-refractivity contribution in [1.82, 2.24) is 4.37 Å². The van der Waals surface area contributed by atoms with E-state index in [0.717, 1.165) is 14.6 Å². The standard InChI is InChI=1S/C7H4BrNOS/c8-6-5(10)2-1-4-3-9-11-7(4)6/h1-3,10H. The molecule has 0 aliphatic rings. The minimum absolute atomic E-state index is 0.266. The third kappa shape index (κ3) is 1.02. The highest BCUT2D eigenvalue weighted by atomic mass is 79.9. The maximum absolute atomic E-state index is 9.27. The van der Waals surface area contributed by atoms with Crippen molar-refractivity contribution in [2.45, 2.75) is 0 Å². The number of benzene rings is 1. The monoisotopic (exact) mass is 229 g/mol. The molecule has 1 N–H and O–H groups in total. The van der Waals surface area contributed by atoms with Gasteiger partial charge in [-0.05, 0) is 39.6 Å². The Morgan fingerprint density at radius 3 is 3.09 bits per heavy atom. The predicted octanol–water partition coefficient (Wildman–Crippen LogP) is 2.76. The molecule has 4 heteroatoms. The summed E-state index contributed by atoms with van der Waals surface area (Å²) in [5.74, 6) is 0.266. The van der Waals surface area contributed by atoms with Crippen molar-refractivity contribution in [2.24, 2.45) is 0 Å². The van der Waals surface area contributed by atoms with Gasteiger partial charge >= 0.3 is 0 Å². The van der Waals surface area contributed by atoms with Gasteiger partial charge in [0, 0.05) is 11.6 Å². The van der Waals surface area contributed by atoms with Gasteiger partial charge in [-0.15, -0.1) is 0 Å². The highest BCUT2D eigenvalue weighted by molar-refractivity contribution is 9.10. The zero-order valence-corrected chi connectivity index (χ0v) is 7.82. The van der Waals surface area contributed by atoms with Crippen LogP contribution in [0.5, 0.6) is 5.75 Å². The lowest BCUT2D eigenvalue weighted by atomic mass is 10.3. The molecule has 11 heavy (non-hydrogen) atoms. The average molecular weight is 230 g/mol. The maximum atomic E-state index is 9.27. The van der Waals surface area contributed by atoms with Crippen molar-refractivity contribution >= 4 is 37.5 Å². The molecule has 1 heterocycles. The molecule has 0 fully saturated rings. The summed E-state index contributed by atoms with van der Waals surface area (Å²) >= 11 is 4.65. The Labute approximate surface area is 75.8 Å². The topological polar surface area (TPSA) is 33.1 Å². The Hall–Kier alpha value is -0.610. The number of aromatic hydroxyl groups is 1. The van der Waals surface area contributed by atoms with E-state index in [1.54, 1.807) is 12.3 Å². The molecule has 0 aliphatic carbocycles. The Morgan fingerprint density at radius 1 is 1.45 bits per heavy atom. The van der Waals surface area contributed by atoms with Gasteiger partial charge in [-0.1, -0.05) is 0 Å². The second kappa shape index (κ2) is 2.46. The number of hydrogen-bond donors (Lipinski definition) is 1. The first-order valence-electron chi connectivity index (χ1n) is 3.01. The predicted molar refractivity (Wildman–Crippen MR) is 49.0 cm³/mol. The van der Waals surface area contributed by atoms with Gasteiger partial charge < -0.3 is 5.11 Å². The summed E-state index contributed by atoms with van der Waals surface area (Å²) in [6.07, 6.45) is 1.78. The first-order valence-corrected chi connectivity index (χ1v) is 4.57. The van der Waals surface area contributed by atoms with Crippen LogP contribution >= 0.6 is 27.5 Å². The molecular weight excluding hydrogens is 226 g/mol. The lowest BCUT2D eigenvalue weighted by Gasteiger charge is -1.94. The normalized spacial score (nSPS) is 10.6. The van der Waals surface area contributed by atoms with Gasteiger partial charge in [0.15, 0.2) is 0 Å². The molecule has 56 valence electrons. The fourth-order valence-electron chi connectivity index (χ4n) is 0.891. The fraction of sp³-hybridized carbons (Fsp3) is 0. The Bertz CT molecular complexity index is 398. The number of rotatable bonds is 0. The highest BCUT2D eigenvalue weighted by Crippen LogP contribution is 2.33. The van der Waals surface area contributed by atoms with Crippen molar-refractivity contribution in [3.05, 3.63) is 22.8 Å². The number of halogens is 1. The zero-order chi connectivity index (χ0) is 7.84. The molecule has 0 saturated heterocycles. The average Bonchev–Trinajstić information content (AvgIpc) is 2.45. The molecule has 0 amide bonds. The second-order valence-corrected chi connectivity index (χ2v) is 3.74. The van der Waals surface area contributed by atoms with Gasteiger partial charge in [0.1, 0.15) is 5.75 Å². The Kier molecular flexibility index (Phi) is 1.58. The summed E-state index contributed by atoms with van der Waals surface area (Å²) in [4.78, 5) is 0. The van der Waals surface area contributed by atoms with Crippen molar-refractivity contribution in [2.75, 3.05) is 0 Å². The van der Waals surface area contributed by atoms with E-state index in [1.165, 1.54) is 11.5 Å². The van der Waals surface area contributed by atoms with E-state index in [9.17, 15) is 5.11 Å². The van der Waals surface area contributed by atoms with Crippen molar-refractivity contribution in [1.29, 1.82) is 0 Å². The first kappa shape index (κ1) is 7.06. The number of hydrogen-bond acceptors (Lipinski definition) is 3. The largest absolute Gasteiger partial charge is 0.507 e. The second-order valence-electron chi connectivity index (χ2n) is 2.14. The number of phenols is 1. The molecule has 2 rings (SSSR count). The van der Waals surface area contributed by atoms with E-state index in [4.69, 9.17) is 0 Å². The molecule has 0 spiro atoms. The van der Waals surface area contributed by atoms with Gasteiger partial charge in [0.05, 0.1) is 9.17 Å². The third-order valence-corrected chi connectivity index (χ3v) is 3.34. The van der Waals surface area contributed by atoms with Crippen LogP contribution in [-0.4, -0.2) is 9.48 Å². The van der Waals surface area contributed by atoms with Crippen molar-refractivity contribution in [3.8, 4) is 5.75 Å². The van der Waals surface area contributed by atoms with E-state index in [-0.39, 0.29) is 5.75 Å². The highest BCUT2D eigenvalue weighted by Gasteiger charge is 2.04. The minimum atomic E-state index is 0.266. The van der Waals surface area contributed by atoms with Gasteiger partial charge in [-0.3, -0.25) is 0 Å². The van der Waals surface area contributed by atoms with Crippen LogP contribution in [0.1, 0.15) is 0 Å². The quantitative estimate of drug-likeness (QED) is 0.754. The number of nitrogens with zero attached hydrogens (tertiary/aromatic N) is 1. The van der Waals surface area contributed by atoms with Gasteiger partial charge in [-0.2, -0.15) is 4.37 Å². The van der Waals surface area contributed by atoms with Crippen LogP contribution < -0.4 is 0 Å². The van der Waals surface area contributed by atoms with Crippen LogP contribution in [0.4, 0.5) is 0 Å². The van der Waals surface area contributed by atoms with Gasteiger partial charge in [0.25, 0.3) is 0 Å². The summed E-state index contributed by atoms with van der Waals surface area (Å²) in [6.45, 7) is 0. The Morgan fingerprint density at radius 2 is 2.27 bits per heavy atom. The van der Waals surface area contributed by atoms with E-state index in [0.29, 0.717) is 0 Å². The van der Waals surface area contributed by atoms with Gasteiger partial charge in [-0.25, -0.2) is 0 Å². The molecule has 0 bridgehead atoms. The van der Waals surface area contributed by atoms with Crippen LogP contribution in [0.25, 0.3) is 10.1 Å². The van der Waals surface area contributed by atoms with Crippen LogP contribution in [-0.2, 0) is 0 Å². The van der Waals surface area contributed by atoms with E-state index < -0.39 is 0 Å². The molecule has 0 atom stereocenters. The third-order valence-electron chi connectivity index (χ3n) is 1.44. The van der Waals surface area contributed by atoms with E-state index in [2.05, 4.69) is 20.3 Å². The SMILES string of the molecule is Oc1ccc2cnsc2c1Br. The number of fused-ring (bicyclic) bond motifs is 1. The molecule has 2 nitrogen and oxygen atoms in total. The molecule has 1 aromatic carbocycles. The summed E-state index contributed by atoms with van der Waals surface area (Å²) in [6, 6.07) is 3.50. The van der Waals surface area contributed by atoms with E-state index >= 15 is 0 Å². The van der Waals surface area contributed by atoms with E-state index in [1.807, 2.05) is 6.07 Å².